The molecule has 0 aliphatic carbocycles. The van der Waals surface area contributed by atoms with Gasteiger partial charge in [-0.1, -0.05) is 22.0 Å². The first-order valence-corrected chi connectivity index (χ1v) is 5.72. The Morgan fingerprint density at radius 2 is 2.11 bits per heavy atom. The number of H-pyrrole nitrogens is 1. The Balaban J connectivity index is 2.13. The van der Waals surface area contributed by atoms with Crippen LogP contribution in [-0.4, -0.2) is 21.1 Å². The number of amides is 1. The highest BCUT2D eigenvalue weighted by molar-refractivity contribution is 9.10. The molecule has 5 nitrogen and oxygen atoms in total. The summed E-state index contributed by atoms with van der Waals surface area (Å²) in [5.41, 5.74) is 0.271. The fraction of sp³-hybridized carbons (Fsp3) is 0.100. The second kappa shape index (κ2) is 5.00. The number of hydrogen-bond acceptors (Lipinski definition) is 3. The third-order valence-electron chi connectivity index (χ3n) is 2.07. The van der Waals surface area contributed by atoms with E-state index < -0.39 is 23.9 Å². The van der Waals surface area contributed by atoms with E-state index in [1.807, 2.05) is 0 Å². The lowest BCUT2D eigenvalue weighted by molar-refractivity contribution is -0.144. The zero-order valence-corrected chi connectivity index (χ0v) is 10.7. The quantitative estimate of drug-likeness (QED) is 0.887. The van der Waals surface area contributed by atoms with E-state index in [4.69, 9.17) is 0 Å². The van der Waals surface area contributed by atoms with Gasteiger partial charge in [0.1, 0.15) is 0 Å². The molecule has 0 saturated heterocycles. The van der Waals surface area contributed by atoms with Crippen molar-refractivity contribution in [2.45, 2.75) is 6.18 Å². The molecular formula is C10H6BrF3N4O. The van der Waals surface area contributed by atoms with Crippen LogP contribution in [0.5, 0.6) is 0 Å². The largest absolute Gasteiger partial charge is 0.451 e. The maximum Gasteiger partial charge on any atom is 0.451 e. The summed E-state index contributed by atoms with van der Waals surface area (Å²) < 4.78 is 37.5. The van der Waals surface area contributed by atoms with Crippen LogP contribution >= 0.6 is 15.9 Å². The molecule has 1 heterocycles. The maximum atomic E-state index is 12.3. The lowest BCUT2D eigenvalue weighted by Crippen LogP contribution is -2.13. The van der Waals surface area contributed by atoms with Gasteiger partial charge in [-0.05, 0) is 18.2 Å². The average molecular weight is 335 g/mol. The summed E-state index contributed by atoms with van der Waals surface area (Å²) in [4.78, 5) is 14.9. The summed E-state index contributed by atoms with van der Waals surface area (Å²) in [6.07, 6.45) is -4.63. The highest BCUT2D eigenvalue weighted by Crippen LogP contribution is 2.26. The predicted octanol–water partition coefficient (Wildman–Crippen LogP) is 2.84. The standard InChI is InChI=1S/C10H6BrF3N4O/c11-6-3-1-2-5(4-6)7(19)15-9-16-8(17-18-9)10(12,13)14/h1-4H,(H2,15,16,17,18,19). The monoisotopic (exact) mass is 334 g/mol. The number of alkyl halides is 3. The van der Waals surface area contributed by atoms with Gasteiger partial charge in [-0.25, -0.2) is 0 Å². The molecule has 0 unspecified atom stereocenters. The normalized spacial score (nSPS) is 11.4. The first-order chi connectivity index (χ1) is 8.86. The van der Waals surface area contributed by atoms with Crippen LogP contribution in [0.25, 0.3) is 0 Å². The first kappa shape index (κ1) is 13.5. The molecule has 0 radical (unpaired) electrons. The average Bonchev–Trinajstić information content (AvgIpc) is 2.77. The zero-order chi connectivity index (χ0) is 14.0. The molecule has 0 fully saturated rings. The number of carbonyl (C=O) groups is 1. The van der Waals surface area contributed by atoms with E-state index in [0.29, 0.717) is 4.47 Å². The van der Waals surface area contributed by atoms with Crippen molar-refractivity contribution in [3.8, 4) is 0 Å². The van der Waals surface area contributed by atoms with Gasteiger partial charge in [0, 0.05) is 10.0 Å². The third kappa shape index (κ3) is 3.31. The Morgan fingerprint density at radius 1 is 1.37 bits per heavy atom. The maximum absolute atomic E-state index is 12.3. The fourth-order valence-electron chi connectivity index (χ4n) is 1.25. The van der Waals surface area contributed by atoms with E-state index in [0.717, 1.165) is 0 Å². The lowest BCUT2D eigenvalue weighted by atomic mass is 10.2. The van der Waals surface area contributed by atoms with Gasteiger partial charge < -0.3 is 0 Å². The fourth-order valence-corrected chi connectivity index (χ4v) is 1.65. The molecule has 0 aliphatic heterocycles. The Kier molecular flexibility index (Phi) is 3.56. The van der Waals surface area contributed by atoms with Gasteiger partial charge in [-0.3, -0.25) is 15.2 Å². The topological polar surface area (TPSA) is 70.7 Å². The summed E-state index contributed by atoms with van der Waals surface area (Å²) in [5.74, 6) is -2.30. The van der Waals surface area contributed by atoms with E-state index in [9.17, 15) is 18.0 Å². The molecule has 100 valence electrons. The van der Waals surface area contributed by atoms with Crippen LogP contribution in [0.4, 0.5) is 19.1 Å². The van der Waals surface area contributed by atoms with Gasteiger partial charge in [0.15, 0.2) is 0 Å². The number of halogens is 4. The van der Waals surface area contributed by atoms with Gasteiger partial charge >= 0.3 is 6.18 Å². The van der Waals surface area contributed by atoms with E-state index >= 15 is 0 Å². The molecule has 2 N–H and O–H groups in total. The molecule has 19 heavy (non-hydrogen) atoms. The molecular weight excluding hydrogens is 329 g/mol. The Labute approximate surface area is 113 Å². The number of aromatic amines is 1. The second-order valence-corrected chi connectivity index (χ2v) is 4.39. The minimum absolute atomic E-state index is 0.271. The third-order valence-corrected chi connectivity index (χ3v) is 2.56. The SMILES string of the molecule is O=C(Nc1n[nH]c(C(F)(F)F)n1)c1cccc(Br)c1. The number of anilines is 1. The Bertz CT molecular complexity index is 611. The number of benzene rings is 1. The van der Waals surface area contributed by atoms with Crippen molar-refractivity contribution < 1.29 is 18.0 Å². The Morgan fingerprint density at radius 3 is 2.68 bits per heavy atom. The van der Waals surface area contributed by atoms with Gasteiger partial charge in [0.05, 0.1) is 0 Å². The van der Waals surface area contributed by atoms with Crippen LogP contribution in [0.15, 0.2) is 28.7 Å². The van der Waals surface area contributed by atoms with Crippen molar-refractivity contribution in [1.82, 2.24) is 15.2 Å². The molecule has 0 atom stereocenters. The summed E-state index contributed by atoms with van der Waals surface area (Å²) in [6, 6.07) is 6.37. The Hall–Kier alpha value is -1.90. The van der Waals surface area contributed by atoms with Crippen LogP contribution in [0.2, 0.25) is 0 Å². The number of aromatic nitrogens is 3. The molecule has 0 bridgehead atoms. The summed E-state index contributed by atoms with van der Waals surface area (Å²) in [5, 5.41) is 7.14. The van der Waals surface area contributed by atoms with Gasteiger partial charge in [0.2, 0.25) is 11.8 Å². The van der Waals surface area contributed by atoms with Crippen molar-refractivity contribution in [1.29, 1.82) is 0 Å². The molecule has 0 aliphatic rings. The highest BCUT2D eigenvalue weighted by Gasteiger charge is 2.35. The highest BCUT2D eigenvalue weighted by atomic mass is 79.9. The van der Waals surface area contributed by atoms with Gasteiger partial charge in [-0.2, -0.15) is 18.2 Å². The second-order valence-electron chi connectivity index (χ2n) is 3.47. The van der Waals surface area contributed by atoms with Crippen molar-refractivity contribution in [2.75, 3.05) is 5.32 Å². The van der Waals surface area contributed by atoms with E-state index in [1.165, 1.54) is 12.1 Å². The van der Waals surface area contributed by atoms with E-state index in [2.05, 4.69) is 31.3 Å². The van der Waals surface area contributed by atoms with Crippen LogP contribution in [0.1, 0.15) is 16.2 Å². The first-order valence-electron chi connectivity index (χ1n) is 4.93. The smallest absolute Gasteiger partial charge is 0.289 e. The number of nitrogens with zero attached hydrogens (tertiary/aromatic N) is 2. The van der Waals surface area contributed by atoms with Gasteiger partial charge in [0.25, 0.3) is 5.91 Å². The summed E-state index contributed by atoms with van der Waals surface area (Å²) >= 11 is 3.18. The van der Waals surface area contributed by atoms with Gasteiger partial charge in [-0.15, -0.1) is 5.10 Å². The van der Waals surface area contributed by atoms with Crippen LogP contribution in [0.3, 0.4) is 0 Å². The summed E-state index contributed by atoms with van der Waals surface area (Å²) in [6.45, 7) is 0. The molecule has 2 rings (SSSR count). The predicted molar refractivity (Wildman–Crippen MR) is 63.5 cm³/mol. The zero-order valence-electron chi connectivity index (χ0n) is 9.12. The molecule has 1 aromatic heterocycles. The van der Waals surface area contributed by atoms with Crippen LogP contribution in [0, 0.1) is 0 Å². The molecule has 9 heteroatoms. The van der Waals surface area contributed by atoms with Crippen LogP contribution < -0.4 is 5.32 Å². The number of hydrogen-bond donors (Lipinski definition) is 2. The van der Waals surface area contributed by atoms with Crippen molar-refractivity contribution in [3.05, 3.63) is 40.1 Å². The molecule has 1 amide bonds. The van der Waals surface area contributed by atoms with E-state index in [-0.39, 0.29) is 5.56 Å². The molecule has 0 saturated carbocycles. The van der Waals surface area contributed by atoms with Crippen molar-refractivity contribution in [3.63, 3.8) is 0 Å². The minimum Gasteiger partial charge on any atom is -0.289 e. The van der Waals surface area contributed by atoms with Crippen molar-refractivity contribution >= 4 is 27.8 Å². The lowest BCUT2D eigenvalue weighted by Gasteiger charge is -2.01. The van der Waals surface area contributed by atoms with Crippen molar-refractivity contribution in [2.24, 2.45) is 0 Å². The minimum atomic E-state index is -4.63. The number of rotatable bonds is 2. The van der Waals surface area contributed by atoms with E-state index in [1.54, 1.807) is 17.2 Å². The molecule has 0 spiro atoms. The molecule has 1 aromatic carbocycles. The number of nitrogens with one attached hydrogen (secondary N) is 2. The van der Waals surface area contributed by atoms with Crippen LogP contribution in [-0.2, 0) is 6.18 Å². The molecule has 2 aromatic rings. The summed E-state index contributed by atoms with van der Waals surface area (Å²) in [7, 11) is 0. The number of carbonyl (C=O) groups excluding carboxylic acids is 1.